The molecule has 1 amide bonds. The smallest absolute Gasteiger partial charge is 0.247 e. The summed E-state index contributed by atoms with van der Waals surface area (Å²) in [4.78, 5) is 25.1. The van der Waals surface area contributed by atoms with Crippen molar-refractivity contribution in [3.8, 4) is 6.07 Å². The third-order valence-electron chi connectivity index (χ3n) is 3.89. The van der Waals surface area contributed by atoms with Gasteiger partial charge in [-0.3, -0.25) is 4.79 Å². The molecule has 1 saturated heterocycles. The minimum absolute atomic E-state index is 0.184. The highest BCUT2D eigenvalue weighted by molar-refractivity contribution is 5.89. The van der Waals surface area contributed by atoms with Gasteiger partial charge >= 0.3 is 0 Å². The molecule has 0 bridgehead atoms. The first-order chi connectivity index (χ1) is 10.7. The van der Waals surface area contributed by atoms with Gasteiger partial charge < -0.3 is 15.2 Å². The van der Waals surface area contributed by atoms with Gasteiger partial charge in [-0.05, 0) is 25.0 Å². The summed E-state index contributed by atoms with van der Waals surface area (Å²) < 4.78 is 0. The summed E-state index contributed by atoms with van der Waals surface area (Å²) >= 11 is 0. The molecule has 1 aliphatic heterocycles. The molecule has 1 fully saturated rings. The third-order valence-corrected chi connectivity index (χ3v) is 3.89. The molecule has 2 unspecified atom stereocenters. The Kier molecular flexibility index (Phi) is 3.74. The molecule has 1 aliphatic rings. The van der Waals surface area contributed by atoms with E-state index in [4.69, 9.17) is 0 Å². The van der Waals surface area contributed by atoms with E-state index in [2.05, 4.69) is 32.9 Å². The van der Waals surface area contributed by atoms with Crippen LogP contribution in [0.1, 0.15) is 12.8 Å². The zero-order chi connectivity index (χ0) is 15.5. The van der Waals surface area contributed by atoms with Crippen molar-refractivity contribution in [3.63, 3.8) is 0 Å². The molecule has 7 heteroatoms. The number of rotatable bonds is 3. The molecule has 2 atom stereocenters. The van der Waals surface area contributed by atoms with Gasteiger partial charge in [0.05, 0.1) is 17.4 Å². The van der Waals surface area contributed by atoms with Crippen LogP contribution in [-0.2, 0) is 4.79 Å². The number of nitriles is 1. The molecule has 2 aromatic heterocycles. The summed E-state index contributed by atoms with van der Waals surface area (Å²) in [7, 11) is 0. The van der Waals surface area contributed by atoms with E-state index in [1.165, 1.54) is 12.4 Å². The van der Waals surface area contributed by atoms with Crippen LogP contribution in [0.3, 0.4) is 0 Å². The highest BCUT2D eigenvalue weighted by Crippen LogP contribution is 2.27. The maximum Gasteiger partial charge on any atom is 0.247 e. The minimum Gasteiger partial charge on any atom is -0.348 e. The first-order valence-electron chi connectivity index (χ1n) is 7.12. The van der Waals surface area contributed by atoms with Crippen molar-refractivity contribution in [1.82, 2.24) is 19.9 Å². The molecular formula is C15H16N6O. The van der Waals surface area contributed by atoms with E-state index in [9.17, 15) is 10.1 Å². The minimum atomic E-state index is -0.419. The zero-order valence-corrected chi connectivity index (χ0v) is 12.0. The maximum atomic E-state index is 12.1. The Bertz CT molecular complexity index is 746. The van der Waals surface area contributed by atoms with Crippen molar-refractivity contribution < 1.29 is 4.79 Å². The number of H-pyrrole nitrogens is 1. The fourth-order valence-electron chi connectivity index (χ4n) is 2.80. The molecule has 0 aliphatic carbocycles. The molecular weight excluding hydrogens is 280 g/mol. The summed E-state index contributed by atoms with van der Waals surface area (Å²) in [5, 5.41) is 13.5. The highest BCUT2D eigenvalue weighted by Gasteiger charge is 2.34. The van der Waals surface area contributed by atoms with Gasteiger partial charge in [0, 0.05) is 12.7 Å². The van der Waals surface area contributed by atoms with E-state index in [1.807, 2.05) is 6.07 Å². The van der Waals surface area contributed by atoms with Crippen molar-refractivity contribution in [1.29, 1.82) is 5.26 Å². The normalized spacial score (nSPS) is 21.3. The van der Waals surface area contributed by atoms with Crippen LogP contribution < -0.4 is 5.32 Å². The van der Waals surface area contributed by atoms with E-state index in [0.717, 1.165) is 18.2 Å². The Hall–Kier alpha value is -2.88. The van der Waals surface area contributed by atoms with Gasteiger partial charge in [0.2, 0.25) is 5.91 Å². The second-order valence-corrected chi connectivity index (χ2v) is 5.16. The van der Waals surface area contributed by atoms with Gasteiger partial charge in [-0.15, -0.1) is 0 Å². The Morgan fingerprint density at radius 2 is 2.45 bits per heavy atom. The lowest BCUT2D eigenvalue weighted by molar-refractivity contribution is -0.129. The van der Waals surface area contributed by atoms with Crippen molar-refractivity contribution >= 4 is 22.8 Å². The van der Waals surface area contributed by atoms with Crippen LogP contribution in [0.4, 0.5) is 5.82 Å². The van der Waals surface area contributed by atoms with Gasteiger partial charge in [-0.25, -0.2) is 9.97 Å². The molecule has 3 heterocycles. The standard InChI is InChI=1S/C15H16N6O/c1-2-12(22)21-7-3-4-10(8-16)15(21)20-14-11-5-6-17-13(11)18-9-19-14/h2,5-6,9-10,15H,1,3-4,7H2,(H2,17,18,19,20). The number of carbonyl (C=O) groups is 1. The summed E-state index contributed by atoms with van der Waals surface area (Å²) in [5.74, 6) is 0.138. The Balaban J connectivity index is 1.95. The molecule has 22 heavy (non-hydrogen) atoms. The molecule has 0 aromatic carbocycles. The quantitative estimate of drug-likeness (QED) is 0.839. The van der Waals surface area contributed by atoms with Crippen LogP contribution >= 0.6 is 0 Å². The van der Waals surface area contributed by atoms with Crippen molar-refractivity contribution in [3.05, 3.63) is 31.2 Å². The molecule has 112 valence electrons. The fraction of sp³-hybridized carbons (Fsp3) is 0.333. The van der Waals surface area contributed by atoms with Crippen LogP contribution in [0.2, 0.25) is 0 Å². The van der Waals surface area contributed by atoms with E-state index < -0.39 is 6.17 Å². The molecule has 0 radical (unpaired) electrons. The first kappa shape index (κ1) is 14.1. The molecule has 7 nitrogen and oxygen atoms in total. The zero-order valence-electron chi connectivity index (χ0n) is 12.0. The van der Waals surface area contributed by atoms with Gasteiger partial charge in [-0.1, -0.05) is 6.58 Å². The Morgan fingerprint density at radius 1 is 1.59 bits per heavy atom. The summed E-state index contributed by atoms with van der Waals surface area (Å²) in [5.41, 5.74) is 0.711. The van der Waals surface area contributed by atoms with Gasteiger partial charge in [0.1, 0.15) is 24.0 Å². The topological polar surface area (TPSA) is 97.7 Å². The summed E-state index contributed by atoms with van der Waals surface area (Å²) in [6, 6.07) is 4.15. The average molecular weight is 296 g/mol. The maximum absolute atomic E-state index is 12.1. The molecule has 0 saturated carbocycles. The van der Waals surface area contributed by atoms with Gasteiger partial charge in [0.15, 0.2) is 0 Å². The number of carbonyl (C=O) groups excluding carboxylic acids is 1. The number of aromatic amines is 1. The van der Waals surface area contributed by atoms with Crippen LogP contribution in [0.15, 0.2) is 31.2 Å². The van der Waals surface area contributed by atoms with Gasteiger partial charge in [-0.2, -0.15) is 5.26 Å². The second-order valence-electron chi connectivity index (χ2n) is 5.16. The van der Waals surface area contributed by atoms with Crippen molar-refractivity contribution in [2.45, 2.75) is 19.0 Å². The number of hydrogen-bond donors (Lipinski definition) is 2. The third kappa shape index (κ3) is 2.39. The van der Waals surface area contributed by atoms with Crippen LogP contribution in [-0.4, -0.2) is 38.5 Å². The predicted octanol–water partition coefficient (Wildman–Crippen LogP) is 1.64. The number of nitrogens with zero attached hydrogens (tertiary/aromatic N) is 4. The number of amides is 1. The summed E-state index contributed by atoms with van der Waals surface area (Å²) in [6.07, 6.45) is 5.64. The van der Waals surface area contributed by atoms with Gasteiger partial charge in [0.25, 0.3) is 0 Å². The lowest BCUT2D eigenvalue weighted by atomic mass is 9.95. The van der Waals surface area contributed by atoms with Crippen molar-refractivity contribution in [2.24, 2.45) is 5.92 Å². The molecule has 2 aromatic rings. The molecule has 2 N–H and O–H groups in total. The lowest BCUT2D eigenvalue weighted by Crippen LogP contribution is -2.51. The molecule has 3 rings (SSSR count). The number of aromatic nitrogens is 3. The average Bonchev–Trinajstić information content (AvgIpc) is 3.04. The number of piperidine rings is 1. The number of nitrogens with one attached hydrogen (secondary N) is 2. The Morgan fingerprint density at radius 3 is 3.23 bits per heavy atom. The predicted molar refractivity (Wildman–Crippen MR) is 81.5 cm³/mol. The SMILES string of the molecule is C=CC(=O)N1CCCC(C#N)C1Nc1ncnc2[nH]ccc12. The summed E-state index contributed by atoms with van der Waals surface area (Å²) in [6.45, 7) is 4.14. The van der Waals surface area contributed by atoms with E-state index >= 15 is 0 Å². The number of hydrogen-bond acceptors (Lipinski definition) is 5. The monoisotopic (exact) mass is 296 g/mol. The van der Waals surface area contributed by atoms with Crippen LogP contribution in [0, 0.1) is 17.2 Å². The number of likely N-dealkylation sites (tertiary alicyclic amines) is 1. The second kappa shape index (κ2) is 5.85. The van der Waals surface area contributed by atoms with E-state index in [0.29, 0.717) is 18.0 Å². The largest absolute Gasteiger partial charge is 0.348 e. The lowest BCUT2D eigenvalue weighted by Gasteiger charge is -2.38. The number of fused-ring (bicyclic) bond motifs is 1. The Labute approximate surface area is 127 Å². The van der Waals surface area contributed by atoms with Crippen LogP contribution in [0.25, 0.3) is 11.0 Å². The van der Waals surface area contributed by atoms with Crippen molar-refractivity contribution in [2.75, 3.05) is 11.9 Å². The first-order valence-corrected chi connectivity index (χ1v) is 7.12. The van der Waals surface area contributed by atoms with E-state index in [1.54, 1.807) is 11.1 Å². The van der Waals surface area contributed by atoms with E-state index in [-0.39, 0.29) is 11.8 Å². The highest BCUT2D eigenvalue weighted by atomic mass is 16.2. The number of anilines is 1. The molecule has 0 spiro atoms. The fourth-order valence-corrected chi connectivity index (χ4v) is 2.80. The van der Waals surface area contributed by atoms with Crippen LogP contribution in [0.5, 0.6) is 0 Å².